The summed E-state index contributed by atoms with van der Waals surface area (Å²) in [5.41, 5.74) is 0. The number of hydrogen-bond acceptors (Lipinski definition) is 3. The van der Waals surface area contributed by atoms with Crippen molar-refractivity contribution in [3.05, 3.63) is 0 Å². The second-order valence-corrected chi connectivity index (χ2v) is 6.91. The molecule has 0 aromatic rings. The molecule has 5 nitrogen and oxygen atoms in total. The Morgan fingerprint density at radius 2 is 1.71 bits per heavy atom. The molecule has 1 heterocycles. The molecule has 4 fully saturated rings. The van der Waals surface area contributed by atoms with Crippen molar-refractivity contribution in [3.8, 4) is 0 Å². The SMILES string of the molecule is C[C@H](NC(=O)[C@@H]1C2CCC(CC2)[C@H]1C(=O)O)[C@@H]1CCCO1. The second kappa shape index (κ2) is 5.95. The fourth-order valence-electron chi connectivity index (χ4n) is 4.59. The number of amides is 1. The Bertz CT molecular complexity index is 411. The van der Waals surface area contributed by atoms with E-state index in [2.05, 4.69) is 5.32 Å². The quantitative estimate of drug-likeness (QED) is 0.829. The fourth-order valence-corrected chi connectivity index (χ4v) is 4.59. The largest absolute Gasteiger partial charge is 0.481 e. The number of carboxylic acids is 1. The molecule has 0 aromatic carbocycles. The third-order valence-corrected chi connectivity index (χ3v) is 5.70. The molecule has 4 aliphatic rings. The summed E-state index contributed by atoms with van der Waals surface area (Å²) in [5, 5.41) is 12.6. The van der Waals surface area contributed by atoms with Crippen molar-refractivity contribution in [2.45, 2.75) is 57.6 Å². The molecule has 118 valence electrons. The third kappa shape index (κ3) is 2.80. The van der Waals surface area contributed by atoms with Gasteiger partial charge in [0, 0.05) is 6.61 Å². The van der Waals surface area contributed by atoms with Gasteiger partial charge in [0.25, 0.3) is 0 Å². The second-order valence-electron chi connectivity index (χ2n) is 6.91. The first kappa shape index (κ1) is 14.8. The first-order valence-corrected chi connectivity index (χ1v) is 8.22. The maximum absolute atomic E-state index is 12.6. The molecule has 2 N–H and O–H groups in total. The molecule has 0 spiro atoms. The summed E-state index contributed by atoms with van der Waals surface area (Å²) in [5.74, 6) is -1.28. The first-order valence-electron chi connectivity index (χ1n) is 8.22. The molecular weight excluding hydrogens is 270 g/mol. The number of fused-ring (bicyclic) bond motifs is 3. The molecule has 3 saturated carbocycles. The molecule has 21 heavy (non-hydrogen) atoms. The van der Waals surface area contributed by atoms with E-state index in [4.69, 9.17) is 4.74 Å². The minimum Gasteiger partial charge on any atom is -0.481 e. The number of nitrogens with one attached hydrogen (secondary N) is 1. The summed E-state index contributed by atoms with van der Waals surface area (Å²) in [4.78, 5) is 24.2. The van der Waals surface area contributed by atoms with Crippen LogP contribution in [-0.2, 0) is 14.3 Å². The van der Waals surface area contributed by atoms with Crippen LogP contribution in [0.25, 0.3) is 0 Å². The zero-order valence-corrected chi connectivity index (χ0v) is 12.6. The Morgan fingerprint density at radius 3 is 2.24 bits per heavy atom. The molecule has 1 amide bonds. The predicted molar refractivity (Wildman–Crippen MR) is 76.6 cm³/mol. The Kier molecular flexibility index (Phi) is 4.20. The molecule has 1 aliphatic heterocycles. The number of carboxylic acid groups (broad SMARTS) is 1. The molecular formula is C16H25NO4. The van der Waals surface area contributed by atoms with Crippen LogP contribution in [0.15, 0.2) is 0 Å². The van der Waals surface area contributed by atoms with Gasteiger partial charge in [0.2, 0.25) is 5.91 Å². The number of carbonyl (C=O) groups excluding carboxylic acids is 1. The predicted octanol–water partition coefficient (Wildman–Crippen LogP) is 1.81. The number of carbonyl (C=O) groups is 2. The van der Waals surface area contributed by atoms with Gasteiger partial charge in [-0.1, -0.05) is 0 Å². The first-order chi connectivity index (χ1) is 10.1. The number of hydrogen-bond donors (Lipinski definition) is 2. The lowest BCUT2D eigenvalue weighted by molar-refractivity contribution is -0.158. The Morgan fingerprint density at radius 1 is 1.10 bits per heavy atom. The minimum absolute atomic E-state index is 0.0325. The molecule has 0 unspecified atom stereocenters. The summed E-state index contributed by atoms with van der Waals surface area (Å²) in [6.07, 6.45) is 6.02. The van der Waals surface area contributed by atoms with E-state index in [1.165, 1.54) is 0 Å². The molecule has 0 radical (unpaired) electrons. The van der Waals surface area contributed by atoms with E-state index in [0.29, 0.717) is 0 Å². The van der Waals surface area contributed by atoms with E-state index in [1.54, 1.807) is 0 Å². The van der Waals surface area contributed by atoms with Crippen LogP contribution in [0.3, 0.4) is 0 Å². The van der Waals surface area contributed by atoms with Crippen LogP contribution >= 0.6 is 0 Å². The molecule has 4 atom stereocenters. The van der Waals surface area contributed by atoms with E-state index < -0.39 is 11.9 Å². The smallest absolute Gasteiger partial charge is 0.307 e. The van der Waals surface area contributed by atoms with E-state index in [0.717, 1.165) is 45.1 Å². The zero-order valence-electron chi connectivity index (χ0n) is 12.6. The Balaban J connectivity index is 1.68. The van der Waals surface area contributed by atoms with Crippen molar-refractivity contribution in [2.75, 3.05) is 6.61 Å². The summed E-state index contributed by atoms with van der Waals surface area (Å²) in [6.45, 7) is 2.72. The topological polar surface area (TPSA) is 75.6 Å². The van der Waals surface area contributed by atoms with Crippen molar-refractivity contribution >= 4 is 11.9 Å². The Labute approximate surface area is 125 Å². The molecule has 4 rings (SSSR count). The van der Waals surface area contributed by atoms with Gasteiger partial charge in [-0.25, -0.2) is 0 Å². The number of rotatable bonds is 4. The highest BCUT2D eigenvalue weighted by atomic mass is 16.5. The van der Waals surface area contributed by atoms with E-state index >= 15 is 0 Å². The van der Waals surface area contributed by atoms with Gasteiger partial charge in [-0.3, -0.25) is 9.59 Å². The fraction of sp³-hybridized carbons (Fsp3) is 0.875. The van der Waals surface area contributed by atoms with Crippen LogP contribution in [0.4, 0.5) is 0 Å². The lowest BCUT2D eigenvalue weighted by Gasteiger charge is -2.46. The van der Waals surface area contributed by atoms with Gasteiger partial charge in [-0.15, -0.1) is 0 Å². The summed E-state index contributed by atoms with van der Waals surface area (Å²) in [7, 11) is 0. The Hall–Kier alpha value is -1.10. The lowest BCUT2D eigenvalue weighted by atomic mass is 9.58. The highest BCUT2D eigenvalue weighted by molar-refractivity contribution is 5.85. The van der Waals surface area contributed by atoms with E-state index in [9.17, 15) is 14.7 Å². The van der Waals surface area contributed by atoms with Gasteiger partial charge in [0.15, 0.2) is 0 Å². The highest BCUT2D eigenvalue weighted by Crippen LogP contribution is 2.49. The van der Waals surface area contributed by atoms with Crippen molar-refractivity contribution in [3.63, 3.8) is 0 Å². The minimum atomic E-state index is -0.797. The van der Waals surface area contributed by atoms with Crippen molar-refractivity contribution < 1.29 is 19.4 Å². The maximum atomic E-state index is 12.6. The third-order valence-electron chi connectivity index (χ3n) is 5.70. The van der Waals surface area contributed by atoms with Gasteiger partial charge >= 0.3 is 5.97 Å². The van der Waals surface area contributed by atoms with Gasteiger partial charge < -0.3 is 15.2 Å². The molecule has 0 aromatic heterocycles. The number of ether oxygens (including phenoxy) is 1. The van der Waals surface area contributed by atoms with Crippen LogP contribution in [-0.4, -0.2) is 35.7 Å². The normalized spacial score (nSPS) is 40.0. The summed E-state index contributed by atoms with van der Waals surface area (Å²) >= 11 is 0. The maximum Gasteiger partial charge on any atom is 0.307 e. The highest BCUT2D eigenvalue weighted by Gasteiger charge is 2.50. The van der Waals surface area contributed by atoms with Gasteiger partial charge in [-0.05, 0) is 57.3 Å². The average molecular weight is 295 g/mol. The van der Waals surface area contributed by atoms with Crippen molar-refractivity contribution in [1.82, 2.24) is 5.32 Å². The summed E-state index contributed by atoms with van der Waals surface area (Å²) < 4.78 is 5.61. The van der Waals surface area contributed by atoms with Crippen molar-refractivity contribution in [2.24, 2.45) is 23.7 Å². The molecule has 1 saturated heterocycles. The van der Waals surface area contributed by atoms with Crippen LogP contribution in [0.5, 0.6) is 0 Å². The van der Waals surface area contributed by atoms with Crippen LogP contribution in [0, 0.1) is 23.7 Å². The summed E-state index contributed by atoms with van der Waals surface area (Å²) in [6, 6.07) is -0.0325. The van der Waals surface area contributed by atoms with Crippen molar-refractivity contribution in [1.29, 1.82) is 0 Å². The molecule has 3 aliphatic carbocycles. The van der Waals surface area contributed by atoms with Crippen LogP contribution < -0.4 is 5.32 Å². The van der Waals surface area contributed by atoms with Gasteiger partial charge in [-0.2, -0.15) is 0 Å². The monoisotopic (exact) mass is 295 g/mol. The van der Waals surface area contributed by atoms with E-state index in [-0.39, 0.29) is 35.8 Å². The van der Waals surface area contributed by atoms with Gasteiger partial charge in [0.1, 0.15) is 0 Å². The average Bonchev–Trinajstić information content (AvgIpc) is 3.01. The van der Waals surface area contributed by atoms with Gasteiger partial charge in [0.05, 0.1) is 24.0 Å². The van der Waals surface area contributed by atoms with E-state index in [1.807, 2.05) is 6.92 Å². The van der Waals surface area contributed by atoms with Crippen LogP contribution in [0.1, 0.15) is 45.4 Å². The lowest BCUT2D eigenvalue weighted by Crippen LogP contribution is -2.53. The molecule has 5 heteroatoms. The molecule has 2 bridgehead atoms. The standard InChI is InChI=1S/C16H25NO4/c1-9(12-3-2-8-21-12)17-15(18)13-10-4-6-11(7-5-10)14(13)16(19)20/h9-14H,2-8H2,1H3,(H,17,18)(H,19,20)/t9-,10?,11?,12-,13+,14+/m0/s1. The van der Waals surface area contributed by atoms with Crippen LogP contribution in [0.2, 0.25) is 0 Å². The number of aliphatic carboxylic acids is 1. The zero-order chi connectivity index (χ0) is 15.0.